The second-order valence-corrected chi connectivity index (χ2v) is 5.65. The number of hydrogen-bond donors (Lipinski definition) is 1. The molecule has 0 aliphatic carbocycles. The molecule has 1 N–H and O–H groups in total. The summed E-state index contributed by atoms with van der Waals surface area (Å²) in [6, 6.07) is 1.86. The van der Waals surface area contributed by atoms with Crippen molar-refractivity contribution in [2.45, 2.75) is 13.8 Å². The summed E-state index contributed by atoms with van der Waals surface area (Å²) in [4.78, 5) is 0. The Morgan fingerprint density at radius 1 is 1.47 bits per heavy atom. The predicted octanol–water partition coefficient (Wildman–Crippen LogP) is -2.29. The zero-order valence-corrected chi connectivity index (χ0v) is 10.3. The minimum absolute atomic E-state index is 0.0131. The van der Waals surface area contributed by atoms with Gasteiger partial charge in [0.1, 0.15) is 0 Å². The third-order valence-corrected chi connectivity index (χ3v) is 3.56. The molecule has 0 unspecified atom stereocenters. The van der Waals surface area contributed by atoms with Crippen LogP contribution in [0.25, 0.3) is 5.65 Å². The molecule has 0 atom stereocenters. The number of rotatable bonds is 2. The Bertz CT molecular complexity index is 497. The van der Waals surface area contributed by atoms with Crippen LogP contribution in [0.5, 0.6) is 0 Å². The third-order valence-electron chi connectivity index (χ3n) is 2.00. The van der Waals surface area contributed by atoms with Gasteiger partial charge < -0.3 is 0 Å². The van der Waals surface area contributed by atoms with Gasteiger partial charge in [0, 0.05) is 0 Å². The molecular formula is C8H9IN4O2-2. The Morgan fingerprint density at radius 2 is 2.20 bits per heavy atom. The standard InChI is InChI=1S/C8H9IN4O2/c1-5-3-7(9-13(14)15)4-12-6(2)10-11-8(5)12/h3-4,14H,1-2H3/q-2. The number of hydrogen-bond acceptors (Lipinski definition) is 5. The van der Waals surface area contributed by atoms with Gasteiger partial charge in [0.05, 0.1) is 0 Å². The van der Waals surface area contributed by atoms with E-state index in [1.54, 1.807) is 6.20 Å². The second kappa shape index (κ2) is 4.00. The van der Waals surface area contributed by atoms with Crippen LogP contribution in [0.15, 0.2) is 12.3 Å². The molecule has 2 rings (SSSR count). The number of aromatic nitrogens is 3. The normalized spacial score (nSPS) is 11.8. The van der Waals surface area contributed by atoms with E-state index in [9.17, 15) is 5.21 Å². The zero-order chi connectivity index (χ0) is 11.0. The van der Waals surface area contributed by atoms with Crippen molar-refractivity contribution < 1.29 is 26.7 Å². The van der Waals surface area contributed by atoms with E-state index in [0.29, 0.717) is 0 Å². The number of aryl methyl sites for hydroxylation is 2. The van der Waals surface area contributed by atoms with Gasteiger partial charge in [-0.25, -0.2) is 0 Å². The van der Waals surface area contributed by atoms with Crippen molar-refractivity contribution in [2.24, 2.45) is 0 Å². The van der Waals surface area contributed by atoms with Crippen LogP contribution in [-0.4, -0.2) is 23.2 Å². The van der Waals surface area contributed by atoms with Crippen LogP contribution in [0.3, 0.4) is 0 Å². The Morgan fingerprint density at radius 3 is 2.87 bits per heavy atom. The summed E-state index contributed by atoms with van der Waals surface area (Å²) in [6.45, 7) is 3.75. The van der Waals surface area contributed by atoms with Crippen LogP contribution in [-0.2, 0) is 0 Å². The van der Waals surface area contributed by atoms with E-state index < -0.39 is 21.5 Å². The molecular weight excluding hydrogens is 311 g/mol. The van der Waals surface area contributed by atoms with E-state index in [2.05, 4.69) is 10.2 Å². The fourth-order valence-electron chi connectivity index (χ4n) is 1.35. The Hall–Kier alpha value is -0.770. The van der Waals surface area contributed by atoms with Crippen molar-refractivity contribution in [1.29, 1.82) is 0 Å². The Labute approximate surface area is 96.7 Å². The number of halogens is 1. The van der Waals surface area contributed by atoms with Gasteiger partial charge in [0.25, 0.3) is 0 Å². The van der Waals surface area contributed by atoms with Crippen LogP contribution in [0.4, 0.5) is 0 Å². The summed E-state index contributed by atoms with van der Waals surface area (Å²) in [5, 5.41) is 27.2. The molecule has 7 heteroatoms. The number of pyridine rings is 1. The van der Waals surface area contributed by atoms with Crippen molar-refractivity contribution in [3.8, 4) is 0 Å². The van der Waals surface area contributed by atoms with Crippen molar-refractivity contribution in [3.05, 3.63) is 32.4 Å². The third kappa shape index (κ3) is 2.09. The summed E-state index contributed by atoms with van der Waals surface area (Å²) < 4.78 is 2.67. The van der Waals surface area contributed by atoms with Gasteiger partial charge in [-0.3, -0.25) is 0 Å². The van der Waals surface area contributed by atoms with Gasteiger partial charge in [-0.2, -0.15) is 0 Å². The molecule has 0 saturated heterocycles. The summed E-state index contributed by atoms with van der Waals surface area (Å²) >= 11 is -1.06. The van der Waals surface area contributed by atoms with Crippen LogP contribution in [0.1, 0.15) is 11.4 Å². The second-order valence-electron chi connectivity index (χ2n) is 3.09. The molecule has 0 radical (unpaired) electrons. The minimum atomic E-state index is -1.06. The fourth-order valence-corrected chi connectivity index (χ4v) is 2.84. The molecule has 0 amide bonds. The summed E-state index contributed by atoms with van der Waals surface area (Å²) in [6.07, 6.45) is 1.80. The van der Waals surface area contributed by atoms with Crippen molar-refractivity contribution in [2.75, 3.05) is 0 Å². The fraction of sp³-hybridized carbons (Fsp3) is 0.250. The van der Waals surface area contributed by atoms with Gasteiger partial charge in [0.15, 0.2) is 0 Å². The monoisotopic (exact) mass is 320 g/mol. The Balaban J connectivity index is 2.55. The summed E-state index contributed by atoms with van der Waals surface area (Å²) in [5.74, 6) is 0.773. The van der Waals surface area contributed by atoms with E-state index in [1.807, 2.05) is 24.3 Å². The molecule has 15 heavy (non-hydrogen) atoms. The summed E-state index contributed by atoms with van der Waals surface area (Å²) in [7, 11) is 0. The van der Waals surface area contributed by atoms with E-state index in [-0.39, 0.29) is 3.44 Å². The molecule has 2 aromatic rings. The van der Waals surface area contributed by atoms with E-state index in [1.165, 1.54) is 0 Å². The quantitative estimate of drug-likeness (QED) is 0.383. The molecule has 0 spiro atoms. The maximum absolute atomic E-state index is 10.6. The molecule has 82 valence electrons. The molecule has 0 aliphatic rings. The van der Waals surface area contributed by atoms with Crippen molar-refractivity contribution >= 4 is 5.65 Å². The van der Waals surface area contributed by atoms with Crippen molar-refractivity contribution in [3.63, 3.8) is 0 Å². The van der Waals surface area contributed by atoms with Gasteiger partial charge in [-0.1, -0.05) is 0 Å². The first-order chi connectivity index (χ1) is 7.08. The number of fused-ring (bicyclic) bond motifs is 1. The van der Waals surface area contributed by atoms with E-state index in [0.717, 1.165) is 20.6 Å². The molecule has 0 bridgehead atoms. The molecule has 0 saturated carbocycles. The topological polar surface area (TPSA) is 76.7 Å². The first-order valence-electron chi connectivity index (χ1n) is 4.21. The summed E-state index contributed by atoms with van der Waals surface area (Å²) in [5.41, 5.74) is 1.74. The first kappa shape index (κ1) is 10.7. The molecule has 2 heterocycles. The van der Waals surface area contributed by atoms with Crippen molar-refractivity contribution in [1.82, 2.24) is 18.0 Å². The van der Waals surface area contributed by atoms with E-state index in [4.69, 9.17) is 5.21 Å². The van der Waals surface area contributed by atoms with Gasteiger partial charge in [-0.15, -0.1) is 0 Å². The molecule has 2 aromatic heterocycles. The maximum atomic E-state index is 10.6. The molecule has 6 nitrogen and oxygen atoms in total. The van der Waals surface area contributed by atoms with E-state index >= 15 is 0 Å². The predicted molar refractivity (Wildman–Crippen MR) is 48.2 cm³/mol. The van der Waals surface area contributed by atoms with Gasteiger partial charge in [0.2, 0.25) is 0 Å². The average molecular weight is 320 g/mol. The Kier molecular flexibility index (Phi) is 2.87. The zero-order valence-electron chi connectivity index (χ0n) is 8.18. The molecule has 0 aromatic carbocycles. The van der Waals surface area contributed by atoms with Gasteiger partial charge in [-0.05, 0) is 0 Å². The van der Waals surface area contributed by atoms with Crippen LogP contribution in [0, 0.1) is 22.6 Å². The average Bonchev–Trinajstić information content (AvgIpc) is 2.47. The molecule has 0 aliphatic heterocycles. The van der Waals surface area contributed by atoms with Crippen LogP contribution in [0.2, 0.25) is 0 Å². The van der Waals surface area contributed by atoms with Crippen LogP contribution < -0.4 is 21.5 Å². The van der Waals surface area contributed by atoms with Crippen LogP contribution >= 0.6 is 0 Å². The SMILES string of the molecule is Cc1cc([I-]N([O-])O)cn2c(C)nnc12. The van der Waals surface area contributed by atoms with Gasteiger partial charge >= 0.3 is 96.6 Å². The molecule has 0 fully saturated rings. The first-order valence-corrected chi connectivity index (χ1v) is 6.25. The number of nitrogens with zero attached hydrogens (tertiary/aromatic N) is 4.